The van der Waals surface area contributed by atoms with Crippen LogP contribution in [0.2, 0.25) is 10.0 Å². The number of halogens is 2. The van der Waals surface area contributed by atoms with Crippen molar-refractivity contribution in [1.82, 2.24) is 10.2 Å². The first-order valence-corrected chi connectivity index (χ1v) is 16.1. The third kappa shape index (κ3) is 7.82. The highest BCUT2D eigenvalue weighted by Crippen LogP contribution is 2.29. The Labute approximate surface area is 257 Å². The number of hydrogen-bond acceptors (Lipinski definition) is 4. The first kappa shape index (κ1) is 31.3. The molecule has 10 heteroatoms. The molecule has 0 saturated carbocycles. The van der Waals surface area contributed by atoms with E-state index in [-0.39, 0.29) is 24.9 Å². The number of hydrogen-bond donors (Lipinski definition) is 1. The number of sulfonamides is 1. The molecular weight excluding hydrogens is 593 g/mol. The molecule has 7 nitrogen and oxygen atoms in total. The molecule has 1 unspecified atom stereocenters. The van der Waals surface area contributed by atoms with Gasteiger partial charge in [0.05, 0.1) is 11.9 Å². The van der Waals surface area contributed by atoms with Crippen molar-refractivity contribution in [2.75, 3.05) is 17.1 Å². The Hall–Kier alpha value is -3.59. The quantitative estimate of drug-likeness (QED) is 0.219. The number of carbonyl (C=O) groups excluding carboxylic acids is 2. The molecule has 0 saturated heterocycles. The molecule has 2 amide bonds. The first-order chi connectivity index (χ1) is 19.9. The lowest BCUT2D eigenvalue weighted by molar-refractivity contribution is -0.140. The topological polar surface area (TPSA) is 86.8 Å². The van der Waals surface area contributed by atoms with Crippen molar-refractivity contribution >= 4 is 61.5 Å². The highest BCUT2D eigenvalue weighted by Gasteiger charge is 2.34. The van der Waals surface area contributed by atoms with E-state index in [2.05, 4.69) is 5.32 Å². The summed E-state index contributed by atoms with van der Waals surface area (Å²) in [6.45, 7) is 3.13. The molecule has 1 atom stereocenters. The lowest BCUT2D eigenvalue weighted by atomic mass is 10.0. The minimum atomic E-state index is -3.91. The van der Waals surface area contributed by atoms with Crippen LogP contribution in [0.4, 0.5) is 5.69 Å². The minimum Gasteiger partial charge on any atom is -0.352 e. The van der Waals surface area contributed by atoms with Gasteiger partial charge >= 0.3 is 0 Å². The maximum Gasteiger partial charge on any atom is 0.244 e. The Balaban J connectivity index is 1.80. The van der Waals surface area contributed by atoms with Gasteiger partial charge in [0, 0.05) is 34.4 Å². The fraction of sp³-hybridized carbons (Fsp3) is 0.250. The van der Waals surface area contributed by atoms with E-state index < -0.39 is 28.5 Å². The van der Waals surface area contributed by atoms with Crippen LogP contribution in [0, 0.1) is 0 Å². The van der Waals surface area contributed by atoms with Crippen LogP contribution >= 0.6 is 23.2 Å². The zero-order chi connectivity index (χ0) is 30.4. The van der Waals surface area contributed by atoms with Gasteiger partial charge in [-0.15, -0.1) is 0 Å². The van der Waals surface area contributed by atoms with Crippen molar-refractivity contribution in [2.24, 2.45) is 0 Å². The van der Waals surface area contributed by atoms with Crippen molar-refractivity contribution in [3.63, 3.8) is 0 Å². The summed E-state index contributed by atoms with van der Waals surface area (Å²) in [6.07, 6.45) is 1.28. The molecule has 4 aromatic rings. The van der Waals surface area contributed by atoms with Crippen LogP contribution in [0.1, 0.15) is 25.0 Å². The first-order valence-electron chi connectivity index (χ1n) is 13.5. The van der Waals surface area contributed by atoms with Gasteiger partial charge in [0.1, 0.15) is 12.6 Å². The number of rotatable bonds is 11. The number of fused-ring (bicyclic) bond motifs is 1. The molecule has 0 aliphatic carbocycles. The smallest absolute Gasteiger partial charge is 0.244 e. The van der Waals surface area contributed by atoms with Crippen LogP contribution in [-0.2, 0) is 32.6 Å². The van der Waals surface area contributed by atoms with Crippen molar-refractivity contribution in [3.05, 3.63) is 112 Å². The highest BCUT2D eigenvalue weighted by molar-refractivity contribution is 7.92. The van der Waals surface area contributed by atoms with E-state index in [1.807, 2.05) is 74.5 Å². The number of nitrogens with zero attached hydrogens (tertiary/aromatic N) is 2. The van der Waals surface area contributed by atoms with Crippen molar-refractivity contribution in [1.29, 1.82) is 0 Å². The summed E-state index contributed by atoms with van der Waals surface area (Å²) in [6, 6.07) is 25.8. The third-order valence-corrected chi connectivity index (χ3v) is 8.49. The third-order valence-electron chi connectivity index (χ3n) is 6.77. The Bertz CT molecular complexity index is 1670. The number of carbonyl (C=O) groups is 2. The molecular formula is C32H33Cl2N3O4S. The van der Waals surface area contributed by atoms with E-state index in [0.29, 0.717) is 26.7 Å². The van der Waals surface area contributed by atoms with Crippen molar-refractivity contribution in [3.8, 4) is 0 Å². The van der Waals surface area contributed by atoms with Gasteiger partial charge in [0.15, 0.2) is 0 Å². The Kier molecular flexibility index (Phi) is 10.1. The van der Waals surface area contributed by atoms with Gasteiger partial charge in [-0.25, -0.2) is 8.42 Å². The van der Waals surface area contributed by atoms with Gasteiger partial charge in [0.2, 0.25) is 21.8 Å². The van der Waals surface area contributed by atoms with Gasteiger partial charge in [-0.1, -0.05) is 96.0 Å². The standard InChI is InChI=1S/C32H33Cl2N3O4S/c1-22(2)35-32(39)30(18-23-10-5-4-6-11-23)36(20-25-16-17-26(33)19-28(25)34)31(38)21-37(42(3,40)41)29-15-9-13-24-12-7-8-14-27(24)29/h4-17,19,22,30H,18,20-21H2,1-3H3,(H,35,39). The van der Waals surface area contributed by atoms with E-state index in [9.17, 15) is 18.0 Å². The van der Waals surface area contributed by atoms with Gasteiger partial charge in [-0.05, 0) is 48.6 Å². The van der Waals surface area contributed by atoms with Crippen LogP contribution in [0.15, 0.2) is 91.0 Å². The van der Waals surface area contributed by atoms with E-state index in [1.165, 1.54) is 4.90 Å². The SMILES string of the molecule is CC(C)NC(=O)C(Cc1ccccc1)N(Cc1ccc(Cl)cc1Cl)C(=O)CN(c1cccc2ccccc12)S(C)(=O)=O. The normalized spacial score (nSPS) is 12.2. The van der Waals surface area contributed by atoms with Gasteiger partial charge in [-0.3, -0.25) is 13.9 Å². The fourth-order valence-electron chi connectivity index (χ4n) is 4.79. The molecule has 220 valence electrons. The van der Waals surface area contributed by atoms with Crippen LogP contribution in [0.3, 0.4) is 0 Å². The summed E-state index contributed by atoms with van der Waals surface area (Å²) in [7, 11) is -3.91. The Morgan fingerprint density at radius 2 is 1.55 bits per heavy atom. The second-order valence-corrected chi connectivity index (χ2v) is 13.1. The van der Waals surface area contributed by atoms with E-state index in [4.69, 9.17) is 23.2 Å². The van der Waals surface area contributed by atoms with Gasteiger partial charge < -0.3 is 10.2 Å². The molecule has 0 aliphatic rings. The maximum absolute atomic E-state index is 14.3. The minimum absolute atomic E-state index is 0.0367. The van der Waals surface area contributed by atoms with E-state index >= 15 is 0 Å². The van der Waals surface area contributed by atoms with Crippen molar-refractivity contribution < 1.29 is 18.0 Å². The maximum atomic E-state index is 14.3. The Morgan fingerprint density at radius 1 is 0.881 bits per heavy atom. The predicted molar refractivity (Wildman–Crippen MR) is 170 cm³/mol. The second-order valence-electron chi connectivity index (χ2n) is 10.4. The zero-order valence-electron chi connectivity index (χ0n) is 23.6. The van der Waals surface area contributed by atoms with Crippen LogP contribution in [0.5, 0.6) is 0 Å². The molecule has 0 radical (unpaired) electrons. The monoisotopic (exact) mass is 625 g/mol. The molecule has 0 aromatic heterocycles. The largest absolute Gasteiger partial charge is 0.352 e. The lowest BCUT2D eigenvalue weighted by Gasteiger charge is -2.34. The fourth-order valence-corrected chi connectivity index (χ4v) is 6.12. The van der Waals surface area contributed by atoms with Crippen LogP contribution in [-0.4, -0.2) is 50.0 Å². The van der Waals surface area contributed by atoms with E-state index in [0.717, 1.165) is 21.5 Å². The summed E-state index contributed by atoms with van der Waals surface area (Å²) in [5.41, 5.74) is 1.79. The summed E-state index contributed by atoms with van der Waals surface area (Å²) in [5, 5.41) is 5.21. The number of benzene rings is 4. The highest BCUT2D eigenvalue weighted by atomic mass is 35.5. The molecule has 0 heterocycles. The average Bonchev–Trinajstić information content (AvgIpc) is 2.94. The molecule has 0 aliphatic heterocycles. The number of anilines is 1. The molecule has 1 N–H and O–H groups in total. The molecule has 0 fully saturated rings. The van der Waals surface area contributed by atoms with Gasteiger partial charge in [-0.2, -0.15) is 0 Å². The van der Waals surface area contributed by atoms with Crippen molar-refractivity contribution in [2.45, 2.75) is 38.9 Å². The molecule has 4 rings (SSSR count). The van der Waals surface area contributed by atoms with Crippen LogP contribution < -0.4 is 9.62 Å². The molecule has 42 heavy (non-hydrogen) atoms. The summed E-state index contributed by atoms with van der Waals surface area (Å²) < 4.78 is 27.4. The molecule has 0 spiro atoms. The lowest BCUT2D eigenvalue weighted by Crippen LogP contribution is -2.54. The Morgan fingerprint density at radius 3 is 2.21 bits per heavy atom. The summed E-state index contributed by atoms with van der Waals surface area (Å²) in [5.74, 6) is -0.914. The number of nitrogens with one attached hydrogen (secondary N) is 1. The van der Waals surface area contributed by atoms with Gasteiger partial charge in [0.25, 0.3) is 0 Å². The zero-order valence-corrected chi connectivity index (χ0v) is 26.0. The summed E-state index contributed by atoms with van der Waals surface area (Å²) in [4.78, 5) is 29.4. The predicted octanol–water partition coefficient (Wildman–Crippen LogP) is 6.08. The second kappa shape index (κ2) is 13.6. The summed E-state index contributed by atoms with van der Waals surface area (Å²) >= 11 is 12.6. The average molecular weight is 627 g/mol. The number of amides is 2. The van der Waals surface area contributed by atoms with E-state index in [1.54, 1.807) is 30.3 Å². The molecule has 4 aromatic carbocycles. The molecule has 0 bridgehead atoms. The van der Waals surface area contributed by atoms with Crippen LogP contribution in [0.25, 0.3) is 10.8 Å².